The maximum absolute atomic E-state index is 10.9. The second kappa shape index (κ2) is 4.46. The van der Waals surface area contributed by atoms with Crippen LogP contribution in [-0.2, 0) is 6.61 Å². The van der Waals surface area contributed by atoms with E-state index in [1.165, 1.54) is 12.3 Å². The summed E-state index contributed by atoms with van der Waals surface area (Å²) < 4.78 is 6.03. The van der Waals surface area contributed by atoms with Gasteiger partial charge in [-0.1, -0.05) is 30.3 Å². The van der Waals surface area contributed by atoms with Crippen LogP contribution >= 0.6 is 0 Å². The summed E-state index contributed by atoms with van der Waals surface area (Å²) in [5, 5.41) is 10.9. The topological polar surface area (TPSA) is 36.2 Å². The zero-order valence-electron chi connectivity index (χ0n) is 8.09. The molecule has 0 spiro atoms. The minimum absolute atomic E-state index is 0.463. The summed E-state index contributed by atoms with van der Waals surface area (Å²) in [6, 6.07) is 13.0. The lowest BCUT2D eigenvalue weighted by molar-refractivity contribution is -0.610. The predicted molar refractivity (Wildman–Crippen MR) is 55.0 cm³/mol. The van der Waals surface area contributed by atoms with Crippen LogP contribution in [-0.4, -0.2) is 0 Å². The third-order valence-electron chi connectivity index (χ3n) is 1.94. The maximum Gasteiger partial charge on any atom is 0.290 e. The zero-order valence-corrected chi connectivity index (χ0v) is 8.09. The quantitative estimate of drug-likeness (QED) is 0.558. The fraction of sp³-hybridized carbons (Fsp3) is 0.0833. The van der Waals surface area contributed by atoms with Crippen LogP contribution in [0, 0.1) is 11.4 Å². The molecule has 1 heterocycles. The number of benzene rings is 1. The summed E-state index contributed by atoms with van der Waals surface area (Å²) in [6.45, 7) is 0.463. The molecule has 0 saturated carbocycles. The average molecular weight is 200 g/mol. The number of aromatic nitrogens is 1. The summed E-state index contributed by atoms with van der Waals surface area (Å²) in [6.07, 6.45) is 3.80. The highest BCUT2D eigenvalue weighted by Gasteiger charge is 1.98. The third-order valence-corrected chi connectivity index (χ3v) is 1.94. The molecule has 0 fully saturated rings. The standard InChI is InChI=1S/C12H10NO2/c14-13-8-4-7-12(9-13)15-10-11-5-2-1-3-6-11/h1-7,9H,10H2. The lowest BCUT2D eigenvalue weighted by Crippen LogP contribution is -2.24. The van der Waals surface area contributed by atoms with Gasteiger partial charge < -0.3 is 9.94 Å². The summed E-state index contributed by atoms with van der Waals surface area (Å²) in [5.41, 5.74) is 1.07. The second-order valence-electron chi connectivity index (χ2n) is 3.09. The van der Waals surface area contributed by atoms with E-state index in [1.54, 1.807) is 6.07 Å². The fourth-order valence-electron chi connectivity index (χ4n) is 1.22. The highest BCUT2D eigenvalue weighted by molar-refractivity contribution is 5.17. The lowest BCUT2D eigenvalue weighted by atomic mass is 10.2. The monoisotopic (exact) mass is 200 g/mol. The van der Waals surface area contributed by atoms with Crippen LogP contribution in [0.1, 0.15) is 5.56 Å². The molecule has 0 N–H and O–H groups in total. The number of ether oxygens (including phenoxy) is 1. The lowest BCUT2D eigenvalue weighted by Gasteiger charge is -2.04. The molecule has 0 bridgehead atoms. The molecule has 2 aromatic rings. The number of nitrogens with zero attached hydrogens (tertiary/aromatic N) is 1. The summed E-state index contributed by atoms with van der Waals surface area (Å²) in [5.74, 6) is 0.549. The van der Waals surface area contributed by atoms with Crippen LogP contribution in [0.25, 0.3) is 0 Å². The normalized spacial score (nSPS) is 9.87. The van der Waals surface area contributed by atoms with E-state index in [0.29, 0.717) is 17.1 Å². The van der Waals surface area contributed by atoms with Gasteiger partial charge in [0.15, 0.2) is 5.75 Å². The van der Waals surface area contributed by atoms with Gasteiger partial charge in [-0.25, -0.2) is 0 Å². The number of pyridine rings is 1. The first-order valence-electron chi connectivity index (χ1n) is 4.62. The second-order valence-corrected chi connectivity index (χ2v) is 3.09. The van der Waals surface area contributed by atoms with Gasteiger partial charge in [-0.15, -0.1) is 0 Å². The van der Waals surface area contributed by atoms with E-state index in [0.717, 1.165) is 5.56 Å². The largest absolute Gasteiger partial charge is 0.618 e. The maximum atomic E-state index is 10.9. The summed E-state index contributed by atoms with van der Waals surface area (Å²) >= 11 is 0. The molecular formula is C12H10NO2. The van der Waals surface area contributed by atoms with Crippen LogP contribution in [0.3, 0.4) is 0 Å². The summed E-state index contributed by atoms with van der Waals surface area (Å²) in [4.78, 5) is 0. The molecule has 1 aromatic heterocycles. The molecule has 0 unspecified atom stereocenters. The van der Waals surface area contributed by atoms with Gasteiger partial charge >= 0.3 is 0 Å². The van der Waals surface area contributed by atoms with E-state index in [1.807, 2.05) is 30.3 Å². The van der Waals surface area contributed by atoms with Crippen molar-refractivity contribution in [3.8, 4) is 5.75 Å². The Morgan fingerprint density at radius 1 is 1.20 bits per heavy atom. The Balaban J connectivity index is 1.99. The van der Waals surface area contributed by atoms with E-state index >= 15 is 0 Å². The molecule has 1 radical (unpaired) electrons. The van der Waals surface area contributed by atoms with Gasteiger partial charge in [-0.2, -0.15) is 4.73 Å². The smallest absolute Gasteiger partial charge is 0.290 e. The molecule has 0 aliphatic rings. The molecule has 0 saturated heterocycles. The molecule has 1 aromatic carbocycles. The Kier molecular flexibility index (Phi) is 2.83. The van der Waals surface area contributed by atoms with E-state index in [4.69, 9.17) is 4.74 Å². The van der Waals surface area contributed by atoms with Crippen molar-refractivity contribution in [2.75, 3.05) is 0 Å². The Hall–Kier alpha value is -2.03. The first-order valence-corrected chi connectivity index (χ1v) is 4.62. The fourth-order valence-corrected chi connectivity index (χ4v) is 1.22. The number of hydrogen-bond acceptors (Lipinski definition) is 2. The minimum atomic E-state index is 0.463. The molecular weight excluding hydrogens is 190 g/mol. The van der Waals surface area contributed by atoms with Crippen LogP contribution in [0.15, 0.2) is 48.7 Å². The van der Waals surface area contributed by atoms with E-state index in [2.05, 4.69) is 6.20 Å². The van der Waals surface area contributed by atoms with Crippen LogP contribution in [0.2, 0.25) is 0 Å². The zero-order chi connectivity index (χ0) is 10.5. The Bertz CT molecular complexity index is 429. The van der Waals surface area contributed by atoms with Crippen molar-refractivity contribution < 1.29 is 9.47 Å². The molecule has 3 nitrogen and oxygen atoms in total. The van der Waals surface area contributed by atoms with Gasteiger partial charge in [0.2, 0.25) is 6.20 Å². The molecule has 0 atom stereocenters. The molecule has 2 rings (SSSR count). The highest BCUT2D eigenvalue weighted by atomic mass is 16.5. The number of rotatable bonds is 3. The van der Waals surface area contributed by atoms with Gasteiger partial charge in [0.25, 0.3) is 6.20 Å². The summed E-state index contributed by atoms with van der Waals surface area (Å²) in [7, 11) is 0. The highest BCUT2D eigenvalue weighted by Crippen LogP contribution is 2.08. The van der Waals surface area contributed by atoms with Crippen molar-refractivity contribution in [3.05, 3.63) is 65.6 Å². The Labute approximate surface area is 88.1 Å². The van der Waals surface area contributed by atoms with Gasteiger partial charge in [0, 0.05) is 6.07 Å². The Morgan fingerprint density at radius 3 is 2.73 bits per heavy atom. The predicted octanol–water partition coefficient (Wildman–Crippen LogP) is 1.70. The van der Waals surface area contributed by atoms with E-state index in [9.17, 15) is 5.21 Å². The molecule has 3 heteroatoms. The average Bonchev–Trinajstić information content (AvgIpc) is 2.28. The molecule has 0 aliphatic heterocycles. The SMILES string of the molecule is [O-][n+]1[c]ccc(OCc2ccccc2)c1. The van der Waals surface area contributed by atoms with Crippen LogP contribution in [0.4, 0.5) is 0 Å². The minimum Gasteiger partial charge on any atom is -0.618 e. The Morgan fingerprint density at radius 2 is 2.00 bits per heavy atom. The van der Waals surface area contributed by atoms with Crippen molar-refractivity contribution >= 4 is 0 Å². The van der Waals surface area contributed by atoms with Crippen molar-refractivity contribution in [1.82, 2.24) is 0 Å². The van der Waals surface area contributed by atoms with Gasteiger partial charge in [0.05, 0.1) is 0 Å². The van der Waals surface area contributed by atoms with Crippen LogP contribution < -0.4 is 9.47 Å². The first kappa shape index (κ1) is 9.52. The molecule has 0 aliphatic carbocycles. The molecule has 15 heavy (non-hydrogen) atoms. The van der Waals surface area contributed by atoms with Crippen LogP contribution in [0.5, 0.6) is 5.75 Å². The van der Waals surface area contributed by atoms with Crippen molar-refractivity contribution in [1.29, 1.82) is 0 Å². The molecule has 0 amide bonds. The third kappa shape index (κ3) is 2.71. The number of hydrogen-bond donors (Lipinski definition) is 0. The van der Waals surface area contributed by atoms with Crippen molar-refractivity contribution in [3.63, 3.8) is 0 Å². The van der Waals surface area contributed by atoms with Gasteiger partial charge in [-0.05, 0) is 11.6 Å². The first-order chi connectivity index (χ1) is 7.34. The van der Waals surface area contributed by atoms with E-state index < -0.39 is 0 Å². The van der Waals surface area contributed by atoms with Gasteiger partial charge in [-0.3, -0.25) is 0 Å². The van der Waals surface area contributed by atoms with Crippen molar-refractivity contribution in [2.45, 2.75) is 6.61 Å². The van der Waals surface area contributed by atoms with Crippen molar-refractivity contribution in [2.24, 2.45) is 0 Å². The molecule has 75 valence electrons. The van der Waals surface area contributed by atoms with Gasteiger partial charge in [0.1, 0.15) is 6.61 Å². The van der Waals surface area contributed by atoms with E-state index in [-0.39, 0.29) is 0 Å².